The molecule has 31 heavy (non-hydrogen) atoms. The SMILES string of the molecule is O=C(Cn1nc(-c2ccncc2)cc1Cc1ccc(F)cc1)NCCc1cnccn1. The van der Waals surface area contributed by atoms with Crippen LogP contribution in [0.5, 0.6) is 0 Å². The van der Waals surface area contributed by atoms with Crippen molar-refractivity contribution in [1.29, 1.82) is 0 Å². The van der Waals surface area contributed by atoms with Crippen molar-refractivity contribution < 1.29 is 9.18 Å². The molecule has 0 aliphatic rings. The molecule has 0 saturated carbocycles. The Morgan fingerprint density at radius 1 is 1.00 bits per heavy atom. The Balaban J connectivity index is 1.48. The molecule has 1 aromatic carbocycles. The Labute approximate surface area is 179 Å². The number of carbonyl (C=O) groups excluding carboxylic acids is 1. The number of hydrogen-bond acceptors (Lipinski definition) is 5. The summed E-state index contributed by atoms with van der Waals surface area (Å²) >= 11 is 0. The molecule has 4 rings (SSSR count). The van der Waals surface area contributed by atoms with Crippen LogP contribution in [0.4, 0.5) is 4.39 Å². The third-order valence-corrected chi connectivity index (χ3v) is 4.75. The molecule has 4 aromatic rings. The van der Waals surface area contributed by atoms with Gasteiger partial charge in [-0.3, -0.25) is 24.4 Å². The fraction of sp³-hybridized carbons (Fsp3) is 0.174. The molecular weight excluding hydrogens is 395 g/mol. The molecule has 7 nitrogen and oxygen atoms in total. The molecule has 3 heterocycles. The lowest BCUT2D eigenvalue weighted by molar-refractivity contribution is -0.121. The van der Waals surface area contributed by atoms with E-state index < -0.39 is 0 Å². The zero-order chi connectivity index (χ0) is 21.5. The van der Waals surface area contributed by atoms with E-state index in [9.17, 15) is 9.18 Å². The van der Waals surface area contributed by atoms with Gasteiger partial charge in [-0.1, -0.05) is 12.1 Å². The van der Waals surface area contributed by atoms with Crippen LogP contribution in [-0.2, 0) is 24.2 Å². The quantitative estimate of drug-likeness (QED) is 0.477. The maximum Gasteiger partial charge on any atom is 0.241 e. The van der Waals surface area contributed by atoms with Gasteiger partial charge in [-0.25, -0.2) is 4.39 Å². The number of nitrogens with one attached hydrogen (secondary N) is 1. The van der Waals surface area contributed by atoms with E-state index >= 15 is 0 Å². The highest BCUT2D eigenvalue weighted by Crippen LogP contribution is 2.20. The number of pyridine rings is 1. The van der Waals surface area contributed by atoms with Crippen molar-refractivity contribution in [2.75, 3.05) is 6.54 Å². The van der Waals surface area contributed by atoms with Gasteiger partial charge in [0, 0.05) is 61.6 Å². The maximum atomic E-state index is 13.3. The average Bonchev–Trinajstić information content (AvgIpc) is 3.19. The van der Waals surface area contributed by atoms with Gasteiger partial charge in [-0.15, -0.1) is 0 Å². The van der Waals surface area contributed by atoms with Gasteiger partial charge in [0.05, 0.1) is 11.4 Å². The lowest BCUT2D eigenvalue weighted by Gasteiger charge is -2.09. The van der Waals surface area contributed by atoms with Crippen LogP contribution in [0.2, 0.25) is 0 Å². The summed E-state index contributed by atoms with van der Waals surface area (Å²) in [6, 6.07) is 12.0. The summed E-state index contributed by atoms with van der Waals surface area (Å²) in [7, 11) is 0. The summed E-state index contributed by atoms with van der Waals surface area (Å²) in [4.78, 5) is 24.8. The van der Waals surface area contributed by atoms with Gasteiger partial charge in [0.15, 0.2) is 0 Å². The van der Waals surface area contributed by atoms with Crippen molar-refractivity contribution in [2.45, 2.75) is 19.4 Å². The molecule has 0 unspecified atom stereocenters. The zero-order valence-electron chi connectivity index (χ0n) is 16.8. The molecule has 0 atom stereocenters. The molecule has 0 bridgehead atoms. The summed E-state index contributed by atoms with van der Waals surface area (Å²) in [5.41, 5.74) is 4.29. The van der Waals surface area contributed by atoms with Gasteiger partial charge < -0.3 is 5.32 Å². The molecule has 3 aromatic heterocycles. The largest absolute Gasteiger partial charge is 0.354 e. The van der Waals surface area contributed by atoms with E-state index in [0.717, 1.165) is 28.2 Å². The number of halogens is 1. The smallest absolute Gasteiger partial charge is 0.241 e. The molecule has 0 spiro atoms. The number of aromatic nitrogens is 5. The van der Waals surface area contributed by atoms with Crippen molar-refractivity contribution in [2.24, 2.45) is 0 Å². The molecule has 0 radical (unpaired) electrons. The van der Waals surface area contributed by atoms with Gasteiger partial charge in [0.25, 0.3) is 0 Å². The molecular formula is C23H21FN6O. The highest BCUT2D eigenvalue weighted by Gasteiger charge is 2.13. The summed E-state index contributed by atoms with van der Waals surface area (Å²) in [6.07, 6.45) is 9.46. The fourth-order valence-electron chi connectivity index (χ4n) is 3.19. The summed E-state index contributed by atoms with van der Waals surface area (Å²) < 4.78 is 14.9. The van der Waals surface area contributed by atoms with Gasteiger partial charge in [-0.05, 0) is 35.9 Å². The number of nitrogens with zero attached hydrogens (tertiary/aromatic N) is 5. The zero-order valence-corrected chi connectivity index (χ0v) is 16.8. The summed E-state index contributed by atoms with van der Waals surface area (Å²) in [6.45, 7) is 0.547. The summed E-state index contributed by atoms with van der Waals surface area (Å²) in [5, 5.41) is 7.53. The molecule has 0 fully saturated rings. The second-order valence-corrected chi connectivity index (χ2v) is 7.01. The minimum absolute atomic E-state index is 0.0854. The van der Waals surface area contributed by atoms with E-state index in [-0.39, 0.29) is 18.3 Å². The van der Waals surface area contributed by atoms with Crippen LogP contribution in [0.15, 0.2) is 73.4 Å². The highest BCUT2D eigenvalue weighted by atomic mass is 19.1. The van der Waals surface area contributed by atoms with Crippen LogP contribution in [-0.4, -0.2) is 37.2 Å². The Hall–Kier alpha value is -3.94. The monoisotopic (exact) mass is 416 g/mol. The van der Waals surface area contributed by atoms with Crippen LogP contribution >= 0.6 is 0 Å². The lowest BCUT2D eigenvalue weighted by Crippen LogP contribution is -2.30. The topological polar surface area (TPSA) is 85.6 Å². The van der Waals surface area contributed by atoms with Gasteiger partial charge >= 0.3 is 0 Å². The first kappa shape index (κ1) is 20.3. The van der Waals surface area contributed by atoms with Crippen molar-refractivity contribution in [3.63, 3.8) is 0 Å². The van der Waals surface area contributed by atoms with Crippen molar-refractivity contribution in [1.82, 2.24) is 30.0 Å². The summed E-state index contributed by atoms with van der Waals surface area (Å²) in [5.74, 6) is -0.425. The first-order valence-electron chi connectivity index (χ1n) is 9.90. The Morgan fingerprint density at radius 3 is 2.55 bits per heavy atom. The molecule has 8 heteroatoms. The molecule has 0 aliphatic heterocycles. The lowest BCUT2D eigenvalue weighted by atomic mass is 10.1. The maximum absolute atomic E-state index is 13.3. The van der Waals surface area contributed by atoms with E-state index in [1.54, 1.807) is 47.8 Å². The Bertz CT molecular complexity index is 1130. The second kappa shape index (κ2) is 9.71. The van der Waals surface area contributed by atoms with Gasteiger partial charge in [0.1, 0.15) is 12.4 Å². The van der Waals surface area contributed by atoms with Crippen LogP contribution in [0.25, 0.3) is 11.3 Å². The third kappa shape index (κ3) is 5.57. The molecule has 1 N–H and O–H groups in total. The van der Waals surface area contributed by atoms with Gasteiger partial charge in [0.2, 0.25) is 5.91 Å². The fourth-order valence-corrected chi connectivity index (χ4v) is 3.19. The Kier molecular flexibility index (Phi) is 6.37. The van der Waals surface area contributed by atoms with E-state index in [0.29, 0.717) is 19.4 Å². The van der Waals surface area contributed by atoms with Crippen molar-refractivity contribution >= 4 is 5.91 Å². The minimum Gasteiger partial charge on any atom is -0.354 e. The number of rotatable bonds is 8. The second-order valence-electron chi connectivity index (χ2n) is 7.01. The minimum atomic E-state index is -0.280. The van der Waals surface area contributed by atoms with E-state index in [4.69, 9.17) is 0 Å². The molecule has 0 aliphatic carbocycles. The number of hydrogen-bond donors (Lipinski definition) is 1. The predicted octanol–water partition coefficient (Wildman–Crippen LogP) is 2.82. The van der Waals surface area contributed by atoms with Crippen molar-refractivity contribution in [3.05, 3.63) is 96.2 Å². The van der Waals surface area contributed by atoms with Crippen LogP contribution in [0, 0.1) is 5.82 Å². The predicted molar refractivity (Wildman–Crippen MR) is 113 cm³/mol. The van der Waals surface area contributed by atoms with Gasteiger partial charge in [-0.2, -0.15) is 5.10 Å². The number of carbonyl (C=O) groups is 1. The first-order chi connectivity index (χ1) is 15.2. The molecule has 0 saturated heterocycles. The van der Waals surface area contributed by atoms with Crippen LogP contribution < -0.4 is 5.32 Å². The van der Waals surface area contributed by atoms with Crippen LogP contribution in [0.1, 0.15) is 17.0 Å². The van der Waals surface area contributed by atoms with E-state index in [1.807, 2.05) is 18.2 Å². The average molecular weight is 416 g/mol. The standard InChI is InChI=1S/C23H21FN6O/c24-19-3-1-17(2-4-19)13-21-14-22(18-5-8-25-9-6-18)29-30(21)16-23(31)28-10-7-20-15-26-11-12-27-20/h1-6,8-9,11-12,14-15H,7,10,13,16H2,(H,28,31). The molecule has 156 valence electrons. The normalized spacial score (nSPS) is 10.7. The van der Waals surface area contributed by atoms with E-state index in [1.165, 1.54) is 12.1 Å². The van der Waals surface area contributed by atoms with Crippen molar-refractivity contribution in [3.8, 4) is 11.3 Å². The highest BCUT2D eigenvalue weighted by molar-refractivity contribution is 5.76. The Morgan fingerprint density at radius 2 is 1.81 bits per heavy atom. The third-order valence-electron chi connectivity index (χ3n) is 4.75. The number of benzene rings is 1. The number of amides is 1. The van der Waals surface area contributed by atoms with Crippen LogP contribution in [0.3, 0.4) is 0 Å². The molecule has 1 amide bonds. The first-order valence-corrected chi connectivity index (χ1v) is 9.90. The van der Waals surface area contributed by atoms with E-state index in [2.05, 4.69) is 25.4 Å².